The van der Waals surface area contributed by atoms with Crippen LogP contribution in [0.4, 0.5) is 24.5 Å². The molecule has 0 saturated heterocycles. The molecule has 1 amide bonds. The molecule has 0 bridgehead atoms. The van der Waals surface area contributed by atoms with E-state index in [0.29, 0.717) is 30.2 Å². The zero-order chi connectivity index (χ0) is 23.8. The monoisotopic (exact) mass is 474 g/mol. The minimum Gasteiger partial charge on any atom is -0.609 e. The van der Waals surface area contributed by atoms with Gasteiger partial charge in [-0.3, -0.25) is 4.79 Å². The predicted molar refractivity (Wildman–Crippen MR) is 120 cm³/mol. The van der Waals surface area contributed by atoms with Crippen LogP contribution in [0, 0.1) is 6.92 Å². The molecule has 2 heterocycles. The molecule has 1 atom stereocenters. The lowest BCUT2D eigenvalue weighted by molar-refractivity contribution is -0.137. The first kappa shape index (κ1) is 23.1. The summed E-state index contributed by atoms with van der Waals surface area (Å²) in [6, 6.07) is 9.90. The Morgan fingerprint density at radius 2 is 2.00 bits per heavy atom. The molecular formula is C23H21F3N4O2S. The molecule has 1 aromatic heterocycles. The van der Waals surface area contributed by atoms with Crippen molar-refractivity contribution in [2.24, 2.45) is 0 Å². The summed E-state index contributed by atoms with van der Waals surface area (Å²) in [7, 11) is 0. The molecule has 1 aliphatic heterocycles. The second-order valence-corrected chi connectivity index (χ2v) is 9.11. The molecule has 1 N–H and O–H groups in total. The summed E-state index contributed by atoms with van der Waals surface area (Å²) in [4.78, 5) is 23.5. The summed E-state index contributed by atoms with van der Waals surface area (Å²) in [6.45, 7) is 3.04. The molecule has 6 nitrogen and oxygen atoms in total. The number of aryl methyl sites for hydroxylation is 1. The largest absolute Gasteiger partial charge is 0.609 e. The highest BCUT2D eigenvalue weighted by Crippen LogP contribution is 2.31. The number of nitrogens with one attached hydrogen (secondary N) is 1. The highest BCUT2D eigenvalue weighted by Gasteiger charge is 2.30. The van der Waals surface area contributed by atoms with Gasteiger partial charge < -0.3 is 14.8 Å². The van der Waals surface area contributed by atoms with Gasteiger partial charge in [-0.25, -0.2) is 0 Å². The van der Waals surface area contributed by atoms with Gasteiger partial charge in [0.25, 0.3) is 5.91 Å². The Labute approximate surface area is 192 Å². The van der Waals surface area contributed by atoms with Crippen LogP contribution in [-0.4, -0.2) is 33.2 Å². The van der Waals surface area contributed by atoms with E-state index in [0.717, 1.165) is 34.6 Å². The van der Waals surface area contributed by atoms with Crippen molar-refractivity contribution in [1.82, 2.24) is 9.97 Å². The van der Waals surface area contributed by atoms with Crippen molar-refractivity contribution in [2.75, 3.05) is 23.0 Å². The van der Waals surface area contributed by atoms with Crippen LogP contribution in [0.5, 0.6) is 0 Å². The molecule has 4 rings (SSSR count). The normalized spacial score (nSPS) is 14.5. The summed E-state index contributed by atoms with van der Waals surface area (Å²) in [5.74, 6) is -0.491. The summed E-state index contributed by atoms with van der Waals surface area (Å²) in [5.41, 5.74) is 3.05. The summed E-state index contributed by atoms with van der Waals surface area (Å²) < 4.78 is 50.5. The van der Waals surface area contributed by atoms with Crippen molar-refractivity contribution in [1.29, 1.82) is 0 Å². The maximum Gasteiger partial charge on any atom is 0.416 e. The maximum atomic E-state index is 13.0. The fourth-order valence-electron chi connectivity index (χ4n) is 3.71. The minimum absolute atomic E-state index is 0.0750. The lowest BCUT2D eigenvalue weighted by Crippen LogP contribution is -2.32. The van der Waals surface area contributed by atoms with Crippen LogP contribution < -0.4 is 10.2 Å². The molecule has 33 heavy (non-hydrogen) atoms. The Balaban J connectivity index is 1.54. The fourth-order valence-corrected chi connectivity index (χ4v) is 4.15. The topological polar surface area (TPSA) is 81.2 Å². The number of nitrogens with zero attached hydrogens (tertiary/aromatic N) is 3. The quantitative estimate of drug-likeness (QED) is 0.449. The third-order valence-electron chi connectivity index (χ3n) is 5.31. The van der Waals surface area contributed by atoms with Gasteiger partial charge in [-0.05, 0) is 48.9 Å². The Morgan fingerprint density at radius 1 is 1.21 bits per heavy atom. The second-order valence-electron chi connectivity index (χ2n) is 7.84. The number of alkyl halides is 3. The molecule has 0 saturated carbocycles. The fraction of sp³-hybridized carbons (Fsp3) is 0.261. The second kappa shape index (κ2) is 9.03. The number of carbonyl (C=O) groups excluding carboxylic acids is 1. The van der Waals surface area contributed by atoms with Crippen molar-refractivity contribution in [3.8, 4) is 0 Å². The molecule has 1 aliphatic rings. The zero-order valence-electron chi connectivity index (χ0n) is 17.9. The van der Waals surface area contributed by atoms with Gasteiger partial charge in [0.05, 0.1) is 11.3 Å². The number of halogens is 3. The first-order valence-corrected chi connectivity index (χ1v) is 11.7. The molecule has 10 heteroatoms. The minimum atomic E-state index is -4.49. The molecule has 0 radical (unpaired) electrons. The summed E-state index contributed by atoms with van der Waals surface area (Å²) in [5, 5.41) is 2.87. The van der Waals surface area contributed by atoms with Gasteiger partial charge in [0.2, 0.25) is 0 Å². The number of rotatable bonds is 4. The van der Waals surface area contributed by atoms with Crippen LogP contribution in [0.2, 0.25) is 0 Å². The van der Waals surface area contributed by atoms with E-state index in [2.05, 4.69) is 20.2 Å². The number of hydrogen-bond donors (Lipinski definition) is 1. The smallest absolute Gasteiger partial charge is 0.416 e. The van der Waals surface area contributed by atoms with Gasteiger partial charge in [0.15, 0.2) is 0 Å². The molecule has 1 unspecified atom stereocenters. The van der Waals surface area contributed by atoms with E-state index in [-0.39, 0.29) is 5.69 Å². The number of benzene rings is 2. The number of anilines is 2. The first-order chi connectivity index (χ1) is 15.6. The van der Waals surface area contributed by atoms with Crippen molar-refractivity contribution < 1.29 is 22.5 Å². The molecular weight excluding hydrogens is 453 g/mol. The molecule has 172 valence electrons. The summed E-state index contributed by atoms with van der Waals surface area (Å²) >= 11 is -1.25. The van der Waals surface area contributed by atoms with E-state index in [1.165, 1.54) is 18.4 Å². The maximum absolute atomic E-state index is 13.0. The molecule has 3 aromatic rings. The average Bonchev–Trinajstić information content (AvgIpc) is 2.77. The van der Waals surface area contributed by atoms with Gasteiger partial charge in [0, 0.05) is 59.4 Å². The van der Waals surface area contributed by atoms with Crippen LogP contribution in [0.3, 0.4) is 0 Å². The van der Waals surface area contributed by atoms with Crippen molar-refractivity contribution in [3.63, 3.8) is 0 Å². The predicted octanol–water partition coefficient (Wildman–Crippen LogP) is 4.36. The average molecular weight is 475 g/mol. The third-order valence-corrected chi connectivity index (χ3v) is 6.02. The molecule has 2 aromatic carbocycles. The lowest BCUT2D eigenvalue weighted by atomic mass is 10.0. The van der Waals surface area contributed by atoms with Crippen LogP contribution >= 0.6 is 0 Å². The number of amides is 1. The third kappa shape index (κ3) is 5.28. The standard InChI is InChI=1S/C23H21F3N4O2S/c1-14-8-15(21(31)28-18-5-3-4-17(11-18)23(24,25)26)10-19(9-14)30-7-6-20-16(13-30)12-27-22(29-20)33(2)32/h3-5,8-12H,6-7,13H2,1-2H3,(H,28,31). The molecule has 0 fully saturated rings. The van der Waals surface area contributed by atoms with Crippen LogP contribution in [0.1, 0.15) is 32.7 Å². The van der Waals surface area contributed by atoms with Crippen LogP contribution in [0.15, 0.2) is 53.8 Å². The highest BCUT2D eigenvalue weighted by molar-refractivity contribution is 7.90. The number of carbonyl (C=O) groups is 1. The number of fused-ring (bicyclic) bond motifs is 1. The first-order valence-electron chi connectivity index (χ1n) is 10.1. The number of aromatic nitrogens is 2. The Bertz CT molecular complexity index is 1200. The van der Waals surface area contributed by atoms with E-state index in [1.54, 1.807) is 18.3 Å². The van der Waals surface area contributed by atoms with Gasteiger partial charge in [-0.15, -0.1) is 0 Å². The Hall–Kier alpha value is -3.11. The zero-order valence-corrected chi connectivity index (χ0v) is 18.8. The Kier molecular flexibility index (Phi) is 6.31. The van der Waals surface area contributed by atoms with E-state index < -0.39 is 28.8 Å². The van der Waals surface area contributed by atoms with Gasteiger partial charge in [-0.2, -0.15) is 23.1 Å². The molecule has 0 aliphatic carbocycles. The van der Waals surface area contributed by atoms with Crippen LogP contribution in [-0.2, 0) is 30.3 Å². The van der Waals surface area contributed by atoms with Crippen molar-refractivity contribution in [2.45, 2.75) is 31.2 Å². The molecule has 0 spiro atoms. The highest BCUT2D eigenvalue weighted by atomic mass is 32.2. The van der Waals surface area contributed by atoms with Gasteiger partial charge >= 0.3 is 11.3 Å². The SMILES string of the molecule is Cc1cc(C(=O)Nc2cccc(C(F)(F)F)c2)cc(N2CCc3nc([S+](C)[O-])ncc3C2)c1. The van der Waals surface area contributed by atoms with E-state index >= 15 is 0 Å². The number of hydrogen-bond acceptors (Lipinski definition) is 5. The van der Waals surface area contributed by atoms with E-state index in [9.17, 15) is 22.5 Å². The van der Waals surface area contributed by atoms with Crippen molar-refractivity contribution >= 4 is 28.5 Å². The van der Waals surface area contributed by atoms with E-state index in [4.69, 9.17) is 0 Å². The van der Waals surface area contributed by atoms with Gasteiger partial charge in [-0.1, -0.05) is 6.07 Å². The lowest BCUT2D eigenvalue weighted by Gasteiger charge is -2.30. The van der Waals surface area contributed by atoms with E-state index in [1.807, 2.05) is 13.0 Å². The van der Waals surface area contributed by atoms with Gasteiger partial charge in [0.1, 0.15) is 6.26 Å². The summed E-state index contributed by atoms with van der Waals surface area (Å²) in [6.07, 6.45) is -0.627. The van der Waals surface area contributed by atoms with Crippen molar-refractivity contribution in [3.05, 3.63) is 76.6 Å². The van der Waals surface area contributed by atoms with Crippen LogP contribution in [0.25, 0.3) is 0 Å². The Morgan fingerprint density at radius 3 is 2.73 bits per heavy atom.